The number of nitrogens with zero attached hydrogens (tertiary/aromatic N) is 1. The van der Waals surface area contributed by atoms with Crippen LogP contribution in [0.3, 0.4) is 0 Å². The summed E-state index contributed by atoms with van der Waals surface area (Å²) in [6, 6.07) is 18.8. The van der Waals surface area contributed by atoms with E-state index in [4.69, 9.17) is 12.2 Å². The molecule has 0 N–H and O–H groups in total. The Balaban J connectivity index is 1.95. The van der Waals surface area contributed by atoms with E-state index < -0.39 is 0 Å². The maximum atomic E-state index is 12.5. The summed E-state index contributed by atoms with van der Waals surface area (Å²) >= 11 is 6.69. The zero-order valence-electron chi connectivity index (χ0n) is 13.2. The Morgan fingerprint density at radius 2 is 1.71 bits per heavy atom. The smallest absolute Gasteiger partial charge is 0.266 e. The minimum Gasteiger partial charge on any atom is -0.293 e. The fraction of sp³-hybridized carbons (Fsp3) is 0.100. The van der Waals surface area contributed by atoms with Crippen molar-refractivity contribution in [2.75, 3.05) is 6.54 Å². The van der Waals surface area contributed by atoms with Crippen LogP contribution in [0, 0.1) is 0 Å². The van der Waals surface area contributed by atoms with Crippen molar-refractivity contribution in [3.05, 3.63) is 65.1 Å². The second kappa shape index (κ2) is 6.04. The van der Waals surface area contributed by atoms with Gasteiger partial charge in [-0.2, -0.15) is 0 Å². The molecule has 1 aliphatic heterocycles. The first-order valence-corrected chi connectivity index (χ1v) is 9.07. The van der Waals surface area contributed by atoms with Crippen LogP contribution in [0.25, 0.3) is 27.6 Å². The summed E-state index contributed by atoms with van der Waals surface area (Å²) in [5, 5.41) is 4.76. The van der Waals surface area contributed by atoms with E-state index in [1.807, 2.05) is 25.1 Å². The molecule has 0 aliphatic carbocycles. The molecule has 1 amide bonds. The lowest BCUT2D eigenvalue weighted by Gasteiger charge is -2.10. The third-order valence-corrected chi connectivity index (χ3v) is 5.65. The van der Waals surface area contributed by atoms with E-state index in [0.29, 0.717) is 15.8 Å². The summed E-state index contributed by atoms with van der Waals surface area (Å²) in [6.45, 7) is 2.56. The van der Waals surface area contributed by atoms with Crippen molar-refractivity contribution in [3.63, 3.8) is 0 Å². The zero-order valence-corrected chi connectivity index (χ0v) is 14.8. The summed E-state index contributed by atoms with van der Waals surface area (Å²) in [6.07, 6.45) is 1.98. The van der Waals surface area contributed by atoms with Crippen molar-refractivity contribution >= 4 is 61.8 Å². The predicted molar refractivity (Wildman–Crippen MR) is 107 cm³/mol. The molecule has 3 aromatic rings. The standard InChI is InChI=1S/C20H15NOS2/c1-2-21-19(22)18(24-20(21)23)12-14-11-13-7-3-4-8-15(13)17-10-6-5-9-16(14)17/h3-12H,2H2,1H3. The van der Waals surface area contributed by atoms with Gasteiger partial charge < -0.3 is 0 Å². The Morgan fingerprint density at radius 1 is 1.04 bits per heavy atom. The van der Waals surface area contributed by atoms with Crippen molar-refractivity contribution in [2.45, 2.75) is 6.92 Å². The van der Waals surface area contributed by atoms with Gasteiger partial charge in [0.05, 0.1) is 4.91 Å². The van der Waals surface area contributed by atoms with E-state index >= 15 is 0 Å². The van der Waals surface area contributed by atoms with Crippen molar-refractivity contribution in [3.8, 4) is 0 Å². The van der Waals surface area contributed by atoms with Crippen LogP contribution in [-0.4, -0.2) is 21.7 Å². The van der Waals surface area contributed by atoms with Crippen LogP contribution in [0.2, 0.25) is 0 Å². The molecule has 0 unspecified atom stereocenters. The highest BCUT2D eigenvalue weighted by Gasteiger charge is 2.30. The average molecular weight is 349 g/mol. The molecule has 1 saturated heterocycles. The van der Waals surface area contributed by atoms with Crippen molar-refractivity contribution in [2.24, 2.45) is 0 Å². The maximum absolute atomic E-state index is 12.5. The van der Waals surface area contributed by atoms with Gasteiger partial charge in [0.1, 0.15) is 4.32 Å². The molecule has 24 heavy (non-hydrogen) atoms. The normalized spacial score (nSPS) is 16.7. The van der Waals surface area contributed by atoms with Crippen LogP contribution in [0.1, 0.15) is 12.5 Å². The van der Waals surface area contributed by atoms with Crippen LogP contribution in [0.15, 0.2) is 59.5 Å². The minimum atomic E-state index is 0.00439. The largest absolute Gasteiger partial charge is 0.293 e. The number of amides is 1. The molecule has 4 heteroatoms. The summed E-state index contributed by atoms with van der Waals surface area (Å²) in [5.74, 6) is 0.00439. The number of thiocarbonyl (C=S) groups is 1. The van der Waals surface area contributed by atoms with E-state index in [-0.39, 0.29) is 5.91 Å². The first-order chi connectivity index (χ1) is 11.7. The van der Waals surface area contributed by atoms with Crippen molar-refractivity contribution in [1.29, 1.82) is 0 Å². The quantitative estimate of drug-likeness (QED) is 0.360. The first kappa shape index (κ1) is 15.4. The number of thioether (sulfide) groups is 1. The third-order valence-electron chi connectivity index (χ3n) is 4.28. The lowest BCUT2D eigenvalue weighted by molar-refractivity contribution is -0.121. The number of likely N-dealkylation sites (N-methyl/N-ethyl adjacent to an activating group) is 1. The van der Waals surface area contributed by atoms with Gasteiger partial charge in [-0.15, -0.1) is 0 Å². The summed E-state index contributed by atoms with van der Waals surface area (Å²) in [7, 11) is 0. The van der Waals surface area contributed by atoms with E-state index in [1.54, 1.807) is 4.90 Å². The van der Waals surface area contributed by atoms with Gasteiger partial charge in [-0.05, 0) is 46.2 Å². The Morgan fingerprint density at radius 3 is 2.42 bits per heavy atom. The number of fused-ring (bicyclic) bond motifs is 3. The highest BCUT2D eigenvalue weighted by atomic mass is 32.2. The lowest BCUT2D eigenvalue weighted by Crippen LogP contribution is -2.27. The molecule has 3 aromatic carbocycles. The van der Waals surface area contributed by atoms with Crippen molar-refractivity contribution in [1.82, 2.24) is 4.90 Å². The zero-order chi connectivity index (χ0) is 16.7. The molecule has 0 saturated carbocycles. The monoisotopic (exact) mass is 349 g/mol. The summed E-state index contributed by atoms with van der Waals surface area (Å²) in [4.78, 5) is 14.8. The number of benzene rings is 3. The molecule has 0 spiro atoms. The Hall–Kier alpha value is -2.17. The fourth-order valence-corrected chi connectivity index (χ4v) is 4.49. The SMILES string of the molecule is CCN1C(=O)C(=Cc2cc3ccccc3c3ccccc23)SC1=S. The number of carbonyl (C=O) groups excluding carboxylic acids is 1. The molecule has 118 valence electrons. The Bertz CT molecular complexity index is 1020. The Kier molecular flexibility index (Phi) is 3.87. The molecule has 4 rings (SSSR count). The second-order valence-corrected chi connectivity index (χ2v) is 7.33. The number of rotatable bonds is 2. The molecule has 0 radical (unpaired) electrons. The molecule has 1 aliphatic rings. The van der Waals surface area contributed by atoms with Crippen LogP contribution in [0.4, 0.5) is 0 Å². The number of carbonyl (C=O) groups is 1. The van der Waals surface area contributed by atoms with Crippen LogP contribution in [-0.2, 0) is 4.79 Å². The van der Waals surface area contributed by atoms with E-state index in [9.17, 15) is 4.79 Å². The van der Waals surface area contributed by atoms with Gasteiger partial charge in [0.2, 0.25) is 0 Å². The van der Waals surface area contributed by atoms with Crippen LogP contribution >= 0.6 is 24.0 Å². The first-order valence-electron chi connectivity index (χ1n) is 7.85. The van der Waals surface area contributed by atoms with Gasteiger partial charge in [-0.25, -0.2) is 0 Å². The molecule has 0 aromatic heterocycles. The van der Waals surface area contributed by atoms with E-state index in [1.165, 1.54) is 27.9 Å². The van der Waals surface area contributed by atoms with Gasteiger partial charge >= 0.3 is 0 Å². The summed E-state index contributed by atoms with van der Waals surface area (Å²) in [5.41, 5.74) is 1.06. The summed E-state index contributed by atoms with van der Waals surface area (Å²) < 4.78 is 0.638. The number of hydrogen-bond acceptors (Lipinski definition) is 3. The van der Waals surface area contributed by atoms with E-state index in [2.05, 4.69) is 42.5 Å². The average Bonchev–Trinajstić information content (AvgIpc) is 2.88. The molecular formula is C20H15NOS2. The second-order valence-electron chi connectivity index (χ2n) is 5.66. The van der Waals surface area contributed by atoms with Crippen LogP contribution < -0.4 is 0 Å². The highest BCUT2D eigenvalue weighted by molar-refractivity contribution is 8.26. The molecule has 1 fully saturated rings. The van der Waals surface area contributed by atoms with Gasteiger partial charge in [-0.3, -0.25) is 9.69 Å². The highest BCUT2D eigenvalue weighted by Crippen LogP contribution is 2.35. The Labute approximate surface area is 150 Å². The molecule has 0 bridgehead atoms. The molecular weight excluding hydrogens is 334 g/mol. The lowest BCUT2D eigenvalue weighted by atomic mass is 9.97. The fourth-order valence-electron chi connectivity index (χ4n) is 3.12. The molecule has 0 atom stereocenters. The predicted octanol–water partition coefficient (Wildman–Crippen LogP) is 5.21. The third kappa shape index (κ3) is 2.43. The maximum Gasteiger partial charge on any atom is 0.266 e. The minimum absolute atomic E-state index is 0.00439. The topological polar surface area (TPSA) is 20.3 Å². The molecule has 1 heterocycles. The number of hydrogen-bond donors (Lipinski definition) is 0. The van der Waals surface area contributed by atoms with Crippen molar-refractivity contribution < 1.29 is 4.79 Å². The molecule has 2 nitrogen and oxygen atoms in total. The van der Waals surface area contributed by atoms with Gasteiger partial charge in [0, 0.05) is 6.54 Å². The van der Waals surface area contributed by atoms with Crippen LogP contribution in [0.5, 0.6) is 0 Å². The van der Waals surface area contributed by atoms with Gasteiger partial charge in [0.25, 0.3) is 5.91 Å². The van der Waals surface area contributed by atoms with Gasteiger partial charge in [0.15, 0.2) is 0 Å². The van der Waals surface area contributed by atoms with E-state index in [0.717, 1.165) is 10.9 Å². The van der Waals surface area contributed by atoms with Gasteiger partial charge in [-0.1, -0.05) is 72.5 Å².